The number of halogens is 1. The van der Waals surface area contributed by atoms with Crippen molar-refractivity contribution in [3.63, 3.8) is 0 Å². The van der Waals surface area contributed by atoms with Crippen molar-refractivity contribution in [2.24, 2.45) is 5.73 Å². The number of aryl methyl sites for hydroxylation is 1. The van der Waals surface area contributed by atoms with Gasteiger partial charge < -0.3 is 15.2 Å². The summed E-state index contributed by atoms with van der Waals surface area (Å²) in [4.78, 5) is 0. The van der Waals surface area contributed by atoms with Gasteiger partial charge in [0.05, 0.1) is 7.11 Å². The molecule has 0 aliphatic carbocycles. The van der Waals surface area contributed by atoms with Crippen LogP contribution in [-0.2, 0) is 0 Å². The Bertz CT molecular complexity index is 279. The molecule has 14 heavy (non-hydrogen) atoms. The van der Waals surface area contributed by atoms with E-state index in [0.29, 0.717) is 13.2 Å². The van der Waals surface area contributed by atoms with Crippen molar-refractivity contribution in [1.82, 2.24) is 0 Å². The van der Waals surface area contributed by atoms with Gasteiger partial charge in [-0.25, -0.2) is 0 Å². The lowest BCUT2D eigenvalue weighted by Crippen LogP contribution is -2.11. The van der Waals surface area contributed by atoms with E-state index in [0.717, 1.165) is 17.1 Å². The van der Waals surface area contributed by atoms with Crippen LogP contribution < -0.4 is 15.2 Å². The predicted octanol–water partition coefficient (Wildman–Crippen LogP) is 1.76. The Morgan fingerprint density at radius 1 is 1.36 bits per heavy atom. The minimum Gasteiger partial charge on any atom is -0.497 e. The average molecular weight is 218 g/mol. The van der Waals surface area contributed by atoms with Crippen LogP contribution in [0.2, 0.25) is 0 Å². The zero-order valence-corrected chi connectivity index (χ0v) is 9.26. The molecular formula is C10H16ClNO2. The summed E-state index contributed by atoms with van der Waals surface area (Å²) >= 11 is 0. The molecule has 0 bridgehead atoms. The molecule has 0 amide bonds. The fraction of sp³-hybridized carbons (Fsp3) is 0.400. The first kappa shape index (κ1) is 13.1. The normalized spacial score (nSPS) is 9.07. The predicted molar refractivity (Wildman–Crippen MR) is 59.5 cm³/mol. The highest BCUT2D eigenvalue weighted by Crippen LogP contribution is 2.22. The second kappa shape index (κ2) is 6.51. The van der Waals surface area contributed by atoms with Crippen molar-refractivity contribution < 1.29 is 9.47 Å². The second-order valence-electron chi connectivity index (χ2n) is 2.77. The Balaban J connectivity index is 0.00000169. The molecule has 0 radical (unpaired) electrons. The van der Waals surface area contributed by atoms with Gasteiger partial charge in [-0.15, -0.1) is 12.4 Å². The maximum absolute atomic E-state index is 5.40. The summed E-state index contributed by atoms with van der Waals surface area (Å²) in [5.41, 5.74) is 6.40. The summed E-state index contributed by atoms with van der Waals surface area (Å²) in [6, 6.07) is 5.70. The van der Waals surface area contributed by atoms with Gasteiger partial charge in [-0.05, 0) is 30.7 Å². The molecule has 0 fully saturated rings. The number of hydrogen-bond donors (Lipinski definition) is 1. The van der Waals surface area contributed by atoms with E-state index in [1.54, 1.807) is 7.11 Å². The summed E-state index contributed by atoms with van der Waals surface area (Å²) in [6.07, 6.45) is 0. The van der Waals surface area contributed by atoms with Crippen LogP contribution in [0.1, 0.15) is 5.56 Å². The molecule has 2 N–H and O–H groups in total. The van der Waals surface area contributed by atoms with Crippen molar-refractivity contribution in [3.8, 4) is 11.5 Å². The van der Waals surface area contributed by atoms with Gasteiger partial charge in [-0.3, -0.25) is 0 Å². The molecule has 1 rings (SSSR count). The van der Waals surface area contributed by atoms with Gasteiger partial charge in [0.15, 0.2) is 0 Å². The van der Waals surface area contributed by atoms with Gasteiger partial charge in [-0.1, -0.05) is 0 Å². The number of ether oxygens (including phenoxy) is 2. The summed E-state index contributed by atoms with van der Waals surface area (Å²) in [7, 11) is 1.65. The Hall–Kier alpha value is -0.930. The first-order valence-electron chi connectivity index (χ1n) is 4.25. The van der Waals surface area contributed by atoms with Crippen molar-refractivity contribution in [1.29, 1.82) is 0 Å². The lowest BCUT2D eigenvalue weighted by molar-refractivity contribution is 0.325. The van der Waals surface area contributed by atoms with Gasteiger partial charge in [0, 0.05) is 6.54 Å². The molecule has 80 valence electrons. The van der Waals surface area contributed by atoms with Gasteiger partial charge >= 0.3 is 0 Å². The maximum Gasteiger partial charge on any atom is 0.122 e. The number of benzene rings is 1. The Labute approximate surface area is 90.6 Å². The van der Waals surface area contributed by atoms with Crippen LogP contribution in [0, 0.1) is 6.92 Å². The molecule has 0 aliphatic rings. The maximum atomic E-state index is 5.40. The van der Waals surface area contributed by atoms with E-state index in [-0.39, 0.29) is 12.4 Å². The SMILES string of the molecule is COc1ccc(OCCN)c(C)c1.Cl. The van der Waals surface area contributed by atoms with E-state index in [2.05, 4.69) is 0 Å². The highest BCUT2D eigenvalue weighted by Gasteiger charge is 2.00. The third kappa shape index (κ3) is 3.44. The summed E-state index contributed by atoms with van der Waals surface area (Å²) in [6.45, 7) is 3.06. The van der Waals surface area contributed by atoms with E-state index >= 15 is 0 Å². The highest BCUT2D eigenvalue weighted by molar-refractivity contribution is 5.85. The highest BCUT2D eigenvalue weighted by atomic mass is 35.5. The Morgan fingerprint density at radius 2 is 2.07 bits per heavy atom. The molecule has 0 heterocycles. The largest absolute Gasteiger partial charge is 0.497 e. The molecule has 3 nitrogen and oxygen atoms in total. The van der Waals surface area contributed by atoms with Gasteiger partial charge in [0.25, 0.3) is 0 Å². The van der Waals surface area contributed by atoms with E-state index < -0.39 is 0 Å². The van der Waals surface area contributed by atoms with Crippen molar-refractivity contribution in [3.05, 3.63) is 23.8 Å². The molecule has 0 aliphatic heterocycles. The second-order valence-corrected chi connectivity index (χ2v) is 2.77. The minimum absolute atomic E-state index is 0. The van der Waals surface area contributed by atoms with Crippen LogP contribution in [-0.4, -0.2) is 20.3 Å². The van der Waals surface area contributed by atoms with Crippen molar-refractivity contribution in [2.45, 2.75) is 6.92 Å². The van der Waals surface area contributed by atoms with Crippen LogP contribution in [0.5, 0.6) is 11.5 Å². The monoisotopic (exact) mass is 217 g/mol. The first-order chi connectivity index (χ1) is 6.27. The van der Waals surface area contributed by atoms with Crippen LogP contribution in [0.3, 0.4) is 0 Å². The average Bonchev–Trinajstić information content (AvgIpc) is 2.16. The third-order valence-electron chi connectivity index (χ3n) is 1.76. The van der Waals surface area contributed by atoms with Crippen LogP contribution >= 0.6 is 12.4 Å². The zero-order chi connectivity index (χ0) is 9.68. The topological polar surface area (TPSA) is 44.5 Å². The molecule has 0 unspecified atom stereocenters. The Kier molecular flexibility index (Phi) is 6.08. The Morgan fingerprint density at radius 3 is 2.57 bits per heavy atom. The summed E-state index contributed by atoms with van der Waals surface area (Å²) in [5.74, 6) is 1.71. The number of nitrogens with two attached hydrogens (primary N) is 1. The summed E-state index contributed by atoms with van der Waals surface area (Å²) in [5, 5.41) is 0. The molecular weight excluding hydrogens is 202 g/mol. The van der Waals surface area contributed by atoms with Gasteiger partial charge in [-0.2, -0.15) is 0 Å². The zero-order valence-electron chi connectivity index (χ0n) is 8.45. The molecule has 0 aromatic heterocycles. The minimum atomic E-state index is 0. The first-order valence-corrected chi connectivity index (χ1v) is 4.25. The number of rotatable bonds is 4. The van der Waals surface area contributed by atoms with E-state index in [9.17, 15) is 0 Å². The standard InChI is InChI=1S/C10H15NO2.ClH/c1-8-7-9(12-2)3-4-10(8)13-6-5-11;/h3-4,7H,5-6,11H2,1-2H3;1H. The fourth-order valence-electron chi connectivity index (χ4n) is 1.08. The summed E-state index contributed by atoms with van der Waals surface area (Å²) < 4.78 is 10.5. The van der Waals surface area contributed by atoms with Crippen molar-refractivity contribution >= 4 is 12.4 Å². The smallest absolute Gasteiger partial charge is 0.122 e. The number of hydrogen-bond acceptors (Lipinski definition) is 3. The van der Waals surface area contributed by atoms with E-state index in [4.69, 9.17) is 15.2 Å². The lowest BCUT2D eigenvalue weighted by Gasteiger charge is -2.08. The third-order valence-corrected chi connectivity index (χ3v) is 1.76. The van der Waals surface area contributed by atoms with Gasteiger partial charge in [0.2, 0.25) is 0 Å². The molecule has 0 atom stereocenters. The molecule has 0 spiro atoms. The van der Waals surface area contributed by atoms with E-state index in [1.807, 2.05) is 25.1 Å². The van der Waals surface area contributed by atoms with Crippen LogP contribution in [0.4, 0.5) is 0 Å². The van der Waals surface area contributed by atoms with E-state index in [1.165, 1.54) is 0 Å². The quantitative estimate of drug-likeness (QED) is 0.836. The number of methoxy groups -OCH3 is 1. The lowest BCUT2D eigenvalue weighted by atomic mass is 10.2. The molecule has 0 saturated carbocycles. The van der Waals surface area contributed by atoms with Gasteiger partial charge in [0.1, 0.15) is 18.1 Å². The molecule has 1 aromatic rings. The molecule has 0 saturated heterocycles. The van der Waals surface area contributed by atoms with Crippen molar-refractivity contribution in [2.75, 3.05) is 20.3 Å². The fourth-order valence-corrected chi connectivity index (χ4v) is 1.08. The molecule has 4 heteroatoms. The van der Waals surface area contributed by atoms with Crippen LogP contribution in [0.25, 0.3) is 0 Å². The molecule has 1 aromatic carbocycles. The van der Waals surface area contributed by atoms with Crippen LogP contribution in [0.15, 0.2) is 18.2 Å².